The third-order valence-electron chi connectivity index (χ3n) is 21.9. The number of benzene rings is 17. The van der Waals surface area contributed by atoms with Crippen molar-refractivity contribution < 1.29 is 0 Å². The molecule has 0 saturated carbocycles. The van der Waals surface area contributed by atoms with Crippen LogP contribution in [0.1, 0.15) is 47.2 Å². The largest absolute Gasteiger partial charge is 0.310 e. The maximum Gasteiger partial charge on any atom is 0.0465 e. The minimum atomic E-state index is -0.354. The highest BCUT2D eigenvalue weighted by Gasteiger charge is 2.43. The minimum absolute atomic E-state index is 0.339. The van der Waals surface area contributed by atoms with Gasteiger partial charge in [-0.3, -0.25) is 0 Å². The van der Waals surface area contributed by atoms with Gasteiger partial charge in [-0.05, 0) is 244 Å². The first-order chi connectivity index (χ1) is 51.3. The Morgan fingerprint density at radius 2 is 0.394 bits per heavy atom. The molecule has 0 aromatic heterocycles. The van der Waals surface area contributed by atoms with Gasteiger partial charge in [0.05, 0.1) is 0 Å². The number of rotatable bonds is 13. The van der Waals surface area contributed by atoms with E-state index in [-0.39, 0.29) is 10.8 Å². The number of hydrogen-bond acceptors (Lipinski definition) is 2. The second-order valence-electron chi connectivity index (χ2n) is 27.8. The first kappa shape index (κ1) is 63.1. The van der Waals surface area contributed by atoms with Gasteiger partial charge < -0.3 is 9.80 Å². The molecule has 492 valence electrons. The molecule has 0 aliphatic heterocycles. The molecule has 17 aromatic rings. The van der Waals surface area contributed by atoms with E-state index >= 15 is 0 Å². The van der Waals surface area contributed by atoms with Gasteiger partial charge >= 0.3 is 0 Å². The van der Waals surface area contributed by atoms with Crippen molar-refractivity contribution in [1.82, 2.24) is 0 Å². The molecule has 0 amide bonds. The molecule has 0 bridgehead atoms. The molecule has 2 heteroatoms. The molecule has 104 heavy (non-hydrogen) atoms. The maximum atomic E-state index is 2.44. The van der Waals surface area contributed by atoms with Gasteiger partial charge in [0.2, 0.25) is 0 Å². The Morgan fingerprint density at radius 1 is 0.163 bits per heavy atom. The number of nitrogens with zero attached hydrogens (tertiary/aromatic N) is 2. The lowest BCUT2D eigenvalue weighted by molar-refractivity contribution is 0.714. The molecule has 2 aliphatic rings. The molecule has 19 rings (SSSR count). The predicted octanol–water partition coefficient (Wildman–Crippen LogP) is 27.6. The lowest BCUT2D eigenvalue weighted by Crippen LogP contribution is -2.23. The zero-order chi connectivity index (χ0) is 69.6. The molecule has 0 saturated heterocycles. The molecule has 17 aromatic carbocycles. The molecular weight excluding hydrogens is 1250 g/mol. The summed E-state index contributed by atoms with van der Waals surface area (Å²) in [5, 5.41) is 5.04. The van der Waals surface area contributed by atoms with Gasteiger partial charge in [-0.15, -0.1) is 0 Å². The van der Waals surface area contributed by atoms with Gasteiger partial charge in [-0.1, -0.05) is 315 Å². The van der Waals surface area contributed by atoms with Crippen molar-refractivity contribution >= 4 is 55.7 Å². The number of hydrogen-bond donors (Lipinski definition) is 0. The van der Waals surface area contributed by atoms with Gasteiger partial charge in [0.1, 0.15) is 0 Å². The molecule has 2 unspecified atom stereocenters. The van der Waals surface area contributed by atoms with Crippen LogP contribution in [0.15, 0.2) is 413 Å². The van der Waals surface area contributed by atoms with E-state index in [4.69, 9.17) is 0 Å². The fourth-order valence-electron chi connectivity index (χ4n) is 16.3. The zero-order valence-electron chi connectivity index (χ0n) is 58.2. The zero-order valence-corrected chi connectivity index (χ0v) is 58.2. The molecule has 0 N–H and O–H groups in total. The van der Waals surface area contributed by atoms with Crippen LogP contribution >= 0.6 is 0 Å². The van der Waals surface area contributed by atoms with Crippen LogP contribution in [-0.2, 0) is 10.8 Å². The number of para-hydroxylation sites is 2. The summed E-state index contributed by atoms with van der Waals surface area (Å²) < 4.78 is 0. The van der Waals surface area contributed by atoms with E-state index in [1.54, 1.807) is 0 Å². The Labute approximate surface area is 610 Å². The van der Waals surface area contributed by atoms with E-state index < -0.39 is 0 Å². The molecule has 0 heterocycles. The van der Waals surface area contributed by atoms with Crippen LogP contribution in [0, 0.1) is 0 Å². The number of fused-ring (bicyclic) bond motifs is 8. The average molecular weight is 1330 g/mol. The fourth-order valence-corrected chi connectivity index (χ4v) is 16.3. The Morgan fingerprint density at radius 3 is 0.750 bits per heavy atom. The summed E-state index contributed by atoms with van der Waals surface area (Å²) in [5.41, 5.74) is 31.4. The van der Waals surface area contributed by atoms with Crippen LogP contribution in [0.2, 0.25) is 0 Å². The highest BCUT2D eigenvalue weighted by molar-refractivity contribution is 5.94. The predicted molar refractivity (Wildman–Crippen MR) is 439 cm³/mol. The maximum absolute atomic E-state index is 2.44. The Kier molecular flexibility index (Phi) is 16.2. The third-order valence-corrected chi connectivity index (χ3v) is 21.9. The van der Waals surface area contributed by atoms with Crippen molar-refractivity contribution in [1.29, 1.82) is 0 Å². The molecule has 0 radical (unpaired) electrons. The van der Waals surface area contributed by atoms with Gasteiger partial charge in [-0.25, -0.2) is 0 Å². The van der Waals surface area contributed by atoms with Crippen molar-refractivity contribution in [3.63, 3.8) is 0 Å². The Balaban J connectivity index is 0.000000149. The summed E-state index contributed by atoms with van der Waals surface area (Å²) in [4.78, 5) is 4.77. The fraction of sp³-hybridized carbons (Fsp3) is 0.0392. The van der Waals surface area contributed by atoms with Crippen LogP contribution in [0.5, 0.6) is 0 Å². The molecule has 2 atom stereocenters. The summed E-state index contributed by atoms with van der Waals surface area (Å²) >= 11 is 0. The topological polar surface area (TPSA) is 6.48 Å². The minimum Gasteiger partial charge on any atom is -0.310 e. The van der Waals surface area contributed by atoms with E-state index in [0.717, 1.165) is 34.1 Å². The normalized spacial score (nSPS) is 14.5. The SMILES string of the molecule is CC1(c2ccccc2)c2cc(-c3ccc4ccccc4c3)ccc2-c2ccc(N(c3ccccc3)c3ccc(-c4ccc(-c5ccccc5)cc4)cc3)cc21.CC1(c2ccccc2)c2cc(-c3ccc4ccccc4c3)ccc2-c2ccc(N(c3ccccc3)c3ccc(-c4ccccc4)cc3)cc21. The van der Waals surface area contributed by atoms with E-state index in [1.807, 2.05) is 0 Å². The summed E-state index contributed by atoms with van der Waals surface area (Å²) in [5.74, 6) is 0. The van der Waals surface area contributed by atoms with Gasteiger partial charge in [-0.2, -0.15) is 0 Å². The van der Waals surface area contributed by atoms with Crippen molar-refractivity contribution in [2.45, 2.75) is 24.7 Å². The van der Waals surface area contributed by atoms with Crippen molar-refractivity contribution in [2.24, 2.45) is 0 Å². The van der Waals surface area contributed by atoms with Crippen LogP contribution in [0.3, 0.4) is 0 Å². The molecule has 2 aliphatic carbocycles. The van der Waals surface area contributed by atoms with Crippen molar-refractivity contribution in [3.8, 4) is 77.9 Å². The van der Waals surface area contributed by atoms with Crippen LogP contribution in [0.25, 0.3) is 99.4 Å². The van der Waals surface area contributed by atoms with Crippen LogP contribution < -0.4 is 9.80 Å². The van der Waals surface area contributed by atoms with Gasteiger partial charge in [0.25, 0.3) is 0 Å². The monoisotopic (exact) mass is 1330 g/mol. The van der Waals surface area contributed by atoms with Crippen molar-refractivity contribution in [3.05, 3.63) is 446 Å². The summed E-state index contributed by atoms with van der Waals surface area (Å²) in [6.07, 6.45) is 0. The molecule has 2 nitrogen and oxygen atoms in total. The van der Waals surface area contributed by atoms with E-state index in [0.29, 0.717) is 0 Å². The Hall–Kier alpha value is -13.1. The molecular formula is C102H74N2. The number of anilines is 6. The smallest absolute Gasteiger partial charge is 0.0465 e. The summed E-state index contributed by atoms with van der Waals surface area (Å²) in [6, 6.07) is 150. The molecule has 0 spiro atoms. The van der Waals surface area contributed by atoms with E-state index in [1.165, 1.54) is 133 Å². The third kappa shape index (κ3) is 11.4. The standard InChI is InChI=1S/C54H39N.C48H35N/c1-54(46-17-7-3-8-18-46)52-36-45(44-26-25-39-15-11-12-16-43(39)35-44)29-33-50(52)51-34-32-49(37-53(51)54)55(47-19-9-4-10-20-47)48-30-27-42(28-31-48)41-23-21-40(22-24-41)38-13-5-2-6-14-38;1-48(40-17-7-3-8-18-40)46-32-39(38-22-21-35-15-11-12-16-37(35)31-38)25-29-44(46)45-30-28-43(33-47(45)48)49(41-19-9-4-10-20-41)42-26-23-36(24-27-42)34-13-5-2-6-14-34/h2-37H,1H3;2-33H,1H3. The second-order valence-corrected chi connectivity index (χ2v) is 27.8. The summed E-state index contributed by atoms with van der Waals surface area (Å²) in [7, 11) is 0. The van der Waals surface area contributed by atoms with E-state index in [2.05, 4.69) is 436 Å². The van der Waals surface area contributed by atoms with Crippen LogP contribution in [0.4, 0.5) is 34.1 Å². The first-order valence-electron chi connectivity index (χ1n) is 36.1. The van der Waals surface area contributed by atoms with Crippen LogP contribution in [-0.4, -0.2) is 0 Å². The highest BCUT2D eigenvalue weighted by atomic mass is 15.1. The van der Waals surface area contributed by atoms with Gasteiger partial charge in [0, 0.05) is 45.0 Å². The van der Waals surface area contributed by atoms with Crippen molar-refractivity contribution in [2.75, 3.05) is 9.80 Å². The van der Waals surface area contributed by atoms with E-state index in [9.17, 15) is 0 Å². The summed E-state index contributed by atoms with van der Waals surface area (Å²) in [6.45, 7) is 4.81. The lowest BCUT2D eigenvalue weighted by atomic mass is 9.73. The van der Waals surface area contributed by atoms with Gasteiger partial charge in [0.15, 0.2) is 0 Å². The molecule has 0 fully saturated rings. The Bertz CT molecular complexity index is 5960. The lowest BCUT2D eigenvalue weighted by Gasteiger charge is -2.31. The second kappa shape index (κ2) is 26.8. The highest BCUT2D eigenvalue weighted by Crippen LogP contribution is 2.57. The average Bonchev–Trinajstić information content (AvgIpc) is 1.56. The quantitative estimate of drug-likeness (QED) is 0.114. The first-order valence-corrected chi connectivity index (χ1v) is 36.1.